The number of pyridine rings is 1. The van der Waals surface area contributed by atoms with Crippen LogP contribution in [0.25, 0.3) is 0 Å². The van der Waals surface area contributed by atoms with E-state index >= 15 is 0 Å². The summed E-state index contributed by atoms with van der Waals surface area (Å²) in [6.45, 7) is 3.52. The van der Waals surface area contributed by atoms with Crippen LogP contribution < -0.4 is 10.2 Å². The van der Waals surface area contributed by atoms with Gasteiger partial charge in [-0.2, -0.15) is 0 Å². The number of benzene rings is 3. The molecule has 6 rings (SSSR count). The number of amides is 3. The van der Waals surface area contributed by atoms with Crippen LogP contribution in [-0.4, -0.2) is 65.2 Å². The van der Waals surface area contributed by atoms with E-state index in [4.69, 9.17) is 14.2 Å². The number of alkyl carbamates (subject to hydrolysis) is 1. The molecule has 3 aromatic carbocycles. The quantitative estimate of drug-likeness (QED) is 0.197. The molecule has 11 nitrogen and oxygen atoms in total. The highest BCUT2D eigenvalue weighted by molar-refractivity contribution is 6.22. The molecule has 2 fully saturated rings. The van der Waals surface area contributed by atoms with Gasteiger partial charge in [-0.1, -0.05) is 79.7 Å². The first-order chi connectivity index (χ1) is 24.3. The van der Waals surface area contributed by atoms with Crippen LogP contribution in [0.1, 0.15) is 53.7 Å². The van der Waals surface area contributed by atoms with E-state index in [1.165, 1.54) is 0 Å². The first kappa shape index (κ1) is 34.9. The summed E-state index contributed by atoms with van der Waals surface area (Å²) < 4.78 is 18.5. The molecule has 0 bridgehead atoms. The van der Waals surface area contributed by atoms with E-state index in [0.717, 1.165) is 40.2 Å². The summed E-state index contributed by atoms with van der Waals surface area (Å²) in [7, 11) is 2.06. The van der Waals surface area contributed by atoms with Crippen molar-refractivity contribution in [3.05, 3.63) is 131 Å². The van der Waals surface area contributed by atoms with Crippen molar-refractivity contribution in [3.8, 4) is 0 Å². The molecule has 4 aromatic rings. The highest BCUT2D eigenvalue weighted by Gasteiger charge is 2.42. The Bertz CT molecular complexity index is 1760. The topological polar surface area (TPSA) is 131 Å². The first-order valence-electron chi connectivity index (χ1n) is 16.8. The maximum atomic E-state index is 13.4. The summed E-state index contributed by atoms with van der Waals surface area (Å²) in [6.07, 6.45) is 0.289. The number of likely N-dealkylation sites (N-methyl/N-ethyl adjacent to an activating group) is 1. The minimum atomic E-state index is -1.05. The highest BCUT2D eigenvalue weighted by atomic mass is 16.7. The van der Waals surface area contributed by atoms with Crippen molar-refractivity contribution < 1.29 is 33.7 Å². The number of hydrogen-bond acceptors (Lipinski definition) is 9. The lowest BCUT2D eigenvalue weighted by atomic mass is 9.90. The van der Waals surface area contributed by atoms with Crippen molar-refractivity contribution in [1.29, 1.82) is 0 Å². The third-order valence-electron chi connectivity index (χ3n) is 9.14. The number of carbonyl (C=O) groups is 3. The Balaban J connectivity index is 1.17. The Morgan fingerprint density at radius 2 is 1.74 bits per heavy atom. The van der Waals surface area contributed by atoms with Gasteiger partial charge in [0.15, 0.2) is 6.29 Å². The molecular formula is C39H42N4O7. The molecule has 2 aliphatic rings. The van der Waals surface area contributed by atoms with Crippen LogP contribution in [-0.2, 0) is 43.4 Å². The van der Waals surface area contributed by atoms with Crippen LogP contribution >= 0.6 is 0 Å². The largest absolute Gasteiger partial charge is 0.445 e. The molecule has 3 heterocycles. The SMILES string of the molecule is C[C@@H]1[C@H](CN(C)CCc2ccccn2)O[C@H](c2cccc(N3C(=O)CC(NC(=O)OCc4ccccc4)C3=O)c2)O[C@@H]1c1ccc(CO)cc1. The van der Waals surface area contributed by atoms with Crippen molar-refractivity contribution >= 4 is 23.6 Å². The van der Waals surface area contributed by atoms with E-state index in [2.05, 4.69) is 29.2 Å². The number of aliphatic hydroxyl groups excluding tert-OH is 1. The van der Waals surface area contributed by atoms with Gasteiger partial charge in [-0.25, -0.2) is 9.69 Å². The summed E-state index contributed by atoms with van der Waals surface area (Å²) in [4.78, 5) is 46.8. The number of aromatic nitrogens is 1. The molecule has 1 aromatic heterocycles. The molecule has 5 atom stereocenters. The smallest absolute Gasteiger partial charge is 0.408 e. The predicted molar refractivity (Wildman–Crippen MR) is 186 cm³/mol. The van der Waals surface area contributed by atoms with Gasteiger partial charge < -0.3 is 29.5 Å². The Hall–Kier alpha value is -4.94. The van der Waals surface area contributed by atoms with Crippen LogP contribution in [0.3, 0.4) is 0 Å². The van der Waals surface area contributed by atoms with Gasteiger partial charge >= 0.3 is 6.09 Å². The van der Waals surface area contributed by atoms with Crippen LogP contribution in [0.5, 0.6) is 0 Å². The van der Waals surface area contributed by atoms with Crippen LogP contribution in [0, 0.1) is 5.92 Å². The van der Waals surface area contributed by atoms with Gasteiger partial charge in [0, 0.05) is 42.9 Å². The lowest BCUT2D eigenvalue weighted by Gasteiger charge is -2.42. The number of carbonyl (C=O) groups excluding carboxylic acids is 3. The molecule has 1 unspecified atom stereocenters. The average Bonchev–Trinajstić information content (AvgIpc) is 3.42. The number of hydrogen-bond donors (Lipinski definition) is 2. The zero-order valence-corrected chi connectivity index (χ0v) is 28.2. The summed E-state index contributed by atoms with van der Waals surface area (Å²) in [5.74, 6) is -1.01. The average molecular weight is 679 g/mol. The van der Waals surface area contributed by atoms with Gasteiger partial charge in [-0.3, -0.25) is 14.6 Å². The summed E-state index contributed by atoms with van der Waals surface area (Å²) >= 11 is 0. The zero-order chi connectivity index (χ0) is 35.0. The highest BCUT2D eigenvalue weighted by Crippen LogP contribution is 2.42. The summed E-state index contributed by atoms with van der Waals surface area (Å²) in [5, 5.41) is 12.1. The zero-order valence-electron chi connectivity index (χ0n) is 28.2. The second kappa shape index (κ2) is 16.2. The molecule has 3 amide bonds. The number of ether oxygens (including phenoxy) is 3. The molecule has 0 radical (unpaired) electrons. The van der Waals surface area contributed by atoms with Gasteiger partial charge in [-0.05, 0) is 48.0 Å². The number of nitrogens with one attached hydrogen (secondary N) is 1. The van der Waals surface area contributed by atoms with Crippen molar-refractivity contribution in [3.63, 3.8) is 0 Å². The third kappa shape index (κ3) is 8.43. The second-order valence-corrected chi connectivity index (χ2v) is 12.8. The fourth-order valence-electron chi connectivity index (χ4n) is 6.31. The van der Waals surface area contributed by atoms with E-state index < -0.39 is 30.2 Å². The van der Waals surface area contributed by atoms with Gasteiger partial charge in [0.05, 0.1) is 30.9 Å². The van der Waals surface area contributed by atoms with Crippen LogP contribution in [0.15, 0.2) is 103 Å². The van der Waals surface area contributed by atoms with Gasteiger partial charge in [-0.15, -0.1) is 0 Å². The molecule has 260 valence electrons. The molecule has 0 spiro atoms. The minimum absolute atomic E-state index is 0.0260. The number of anilines is 1. The van der Waals surface area contributed by atoms with Crippen molar-refractivity contribution in [2.24, 2.45) is 5.92 Å². The van der Waals surface area contributed by atoms with Gasteiger partial charge in [0.2, 0.25) is 5.91 Å². The molecule has 0 saturated carbocycles. The maximum Gasteiger partial charge on any atom is 0.408 e. The van der Waals surface area contributed by atoms with Gasteiger partial charge in [0.1, 0.15) is 12.6 Å². The number of imide groups is 1. The lowest BCUT2D eigenvalue weighted by Crippen LogP contribution is -2.44. The molecule has 11 heteroatoms. The normalized spacial score (nSPS) is 22.2. The van der Waals surface area contributed by atoms with Crippen molar-refractivity contribution in [2.45, 2.75) is 57.5 Å². The lowest BCUT2D eigenvalue weighted by molar-refractivity contribution is -0.275. The van der Waals surface area contributed by atoms with E-state index in [-0.39, 0.29) is 37.8 Å². The molecular weight excluding hydrogens is 636 g/mol. The molecule has 2 N–H and O–H groups in total. The monoisotopic (exact) mass is 678 g/mol. The van der Waals surface area contributed by atoms with E-state index in [0.29, 0.717) is 17.8 Å². The van der Waals surface area contributed by atoms with E-state index in [1.54, 1.807) is 24.4 Å². The fourth-order valence-corrected chi connectivity index (χ4v) is 6.31. The molecule has 0 aliphatic carbocycles. The number of nitrogens with zero attached hydrogens (tertiary/aromatic N) is 3. The maximum absolute atomic E-state index is 13.4. The Morgan fingerprint density at radius 1 is 0.960 bits per heavy atom. The second-order valence-electron chi connectivity index (χ2n) is 12.8. The van der Waals surface area contributed by atoms with Crippen LogP contribution in [0.2, 0.25) is 0 Å². The van der Waals surface area contributed by atoms with E-state index in [9.17, 15) is 19.5 Å². The molecule has 2 aliphatic heterocycles. The van der Waals surface area contributed by atoms with Crippen LogP contribution in [0.4, 0.5) is 10.5 Å². The summed E-state index contributed by atoms with van der Waals surface area (Å²) in [5.41, 5.74) is 4.59. The van der Waals surface area contributed by atoms with Crippen molar-refractivity contribution in [1.82, 2.24) is 15.2 Å². The third-order valence-corrected chi connectivity index (χ3v) is 9.14. The Kier molecular flexibility index (Phi) is 11.3. The fraction of sp³-hybridized carbons (Fsp3) is 0.333. The Morgan fingerprint density at radius 3 is 2.48 bits per heavy atom. The van der Waals surface area contributed by atoms with Gasteiger partial charge in [0.25, 0.3) is 5.91 Å². The molecule has 50 heavy (non-hydrogen) atoms. The standard InChI is InChI=1S/C39H42N4O7/c1-26-34(23-42(2)20-18-31-12-6-7-19-40-31)49-38(50-36(26)29-16-14-27(24-44)15-17-29)30-11-8-13-32(21-30)43-35(45)22-33(37(43)46)41-39(47)48-25-28-9-4-3-5-10-28/h3-17,19,21,26,33-34,36,38,44H,18,20,22-25H2,1-2H3,(H,41,47)/t26-,33?,34+,36+,38+/m1/s1. The predicted octanol–water partition coefficient (Wildman–Crippen LogP) is 5.10. The Labute approximate surface area is 291 Å². The first-order valence-corrected chi connectivity index (χ1v) is 16.8. The van der Waals surface area contributed by atoms with Crippen molar-refractivity contribution in [2.75, 3.05) is 25.0 Å². The minimum Gasteiger partial charge on any atom is -0.445 e. The number of rotatable bonds is 12. The molecule has 2 saturated heterocycles. The summed E-state index contributed by atoms with van der Waals surface area (Å²) in [6, 6.07) is 28.8. The number of aliphatic hydroxyl groups is 1. The van der Waals surface area contributed by atoms with E-state index in [1.807, 2.05) is 78.9 Å².